The van der Waals surface area contributed by atoms with E-state index in [1.165, 1.54) is 36.7 Å². The second kappa shape index (κ2) is 6.67. The fourth-order valence-electron chi connectivity index (χ4n) is 2.59. The topological polar surface area (TPSA) is 136 Å². The zero-order chi connectivity index (χ0) is 18.7. The van der Waals surface area contributed by atoms with E-state index >= 15 is 0 Å². The quantitative estimate of drug-likeness (QED) is 0.573. The van der Waals surface area contributed by atoms with E-state index in [4.69, 9.17) is 0 Å². The molecule has 3 aromatic rings. The molecule has 0 saturated heterocycles. The van der Waals surface area contributed by atoms with Gasteiger partial charge in [0.15, 0.2) is 0 Å². The lowest BCUT2D eigenvalue weighted by Crippen LogP contribution is -2.15. The number of nitrogens with zero attached hydrogens (tertiary/aromatic N) is 4. The van der Waals surface area contributed by atoms with Gasteiger partial charge >= 0.3 is 0 Å². The van der Waals surface area contributed by atoms with Crippen molar-refractivity contribution in [3.63, 3.8) is 0 Å². The Kier molecular flexibility index (Phi) is 4.25. The van der Waals surface area contributed by atoms with Crippen LogP contribution in [-0.2, 0) is 0 Å². The van der Waals surface area contributed by atoms with Gasteiger partial charge in [0.25, 0.3) is 11.2 Å². The minimum atomic E-state index is -0.647. The summed E-state index contributed by atoms with van der Waals surface area (Å²) in [5, 5.41) is 29.9. The fourth-order valence-corrected chi connectivity index (χ4v) is 2.59. The number of non-ortho nitro benzene ring substituents is 1. The fraction of sp³-hybridized carbons (Fsp3) is 0. The summed E-state index contributed by atoms with van der Waals surface area (Å²) in [4.78, 5) is 29.1. The van der Waals surface area contributed by atoms with Gasteiger partial charge < -0.3 is 4.98 Å². The first kappa shape index (κ1) is 16.6. The highest BCUT2D eigenvalue weighted by Crippen LogP contribution is 2.32. The summed E-state index contributed by atoms with van der Waals surface area (Å²) >= 11 is 0. The van der Waals surface area contributed by atoms with Crippen molar-refractivity contribution in [2.75, 3.05) is 0 Å². The molecule has 2 heterocycles. The minimum absolute atomic E-state index is 0.0983. The van der Waals surface area contributed by atoms with Crippen LogP contribution in [-0.4, -0.2) is 14.9 Å². The molecule has 0 fully saturated rings. The van der Waals surface area contributed by atoms with Crippen molar-refractivity contribution in [2.45, 2.75) is 0 Å². The van der Waals surface area contributed by atoms with E-state index in [1.807, 2.05) is 12.1 Å². The molecule has 3 rings (SSSR count). The maximum Gasteiger partial charge on any atom is 0.269 e. The number of pyridine rings is 2. The molecule has 0 atom stereocenters. The first-order chi connectivity index (χ1) is 12.6. The molecule has 0 spiro atoms. The van der Waals surface area contributed by atoms with Gasteiger partial charge in [-0.15, -0.1) is 0 Å². The number of hydrogen-bond acceptors (Lipinski definition) is 6. The molecule has 0 radical (unpaired) electrons. The number of hydrogen-bond donors (Lipinski definition) is 1. The Morgan fingerprint density at radius 1 is 0.962 bits per heavy atom. The third-order valence-electron chi connectivity index (χ3n) is 3.77. The number of nitro benzene ring substituents is 1. The van der Waals surface area contributed by atoms with Crippen molar-refractivity contribution < 1.29 is 4.92 Å². The normalized spacial score (nSPS) is 9.92. The summed E-state index contributed by atoms with van der Waals surface area (Å²) in [7, 11) is 0. The van der Waals surface area contributed by atoms with Gasteiger partial charge in [0.05, 0.1) is 16.2 Å². The lowest BCUT2D eigenvalue weighted by atomic mass is 9.93. The smallest absolute Gasteiger partial charge is 0.269 e. The highest BCUT2D eigenvalue weighted by atomic mass is 16.6. The molecule has 8 nitrogen and oxygen atoms in total. The zero-order valence-corrected chi connectivity index (χ0v) is 13.1. The number of rotatable bonds is 3. The highest BCUT2D eigenvalue weighted by molar-refractivity contribution is 5.83. The zero-order valence-electron chi connectivity index (χ0n) is 13.1. The van der Waals surface area contributed by atoms with Crippen LogP contribution in [0.4, 0.5) is 5.69 Å². The van der Waals surface area contributed by atoms with Crippen molar-refractivity contribution in [1.29, 1.82) is 10.5 Å². The predicted molar refractivity (Wildman–Crippen MR) is 91.8 cm³/mol. The monoisotopic (exact) mass is 343 g/mol. The predicted octanol–water partition coefficient (Wildman–Crippen LogP) is 2.76. The molecule has 1 aromatic carbocycles. The van der Waals surface area contributed by atoms with Crippen molar-refractivity contribution in [2.24, 2.45) is 0 Å². The van der Waals surface area contributed by atoms with Crippen LogP contribution in [0.25, 0.3) is 22.4 Å². The summed E-state index contributed by atoms with van der Waals surface area (Å²) in [6.45, 7) is 0. The highest BCUT2D eigenvalue weighted by Gasteiger charge is 2.20. The molecule has 0 unspecified atom stereocenters. The van der Waals surface area contributed by atoms with Gasteiger partial charge in [-0.3, -0.25) is 19.9 Å². The minimum Gasteiger partial charge on any atom is -0.320 e. The van der Waals surface area contributed by atoms with E-state index < -0.39 is 10.5 Å². The third-order valence-corrected chi connectivity index (χ3v) is 3.77. The second-order valence-corrected chi connectivity index (χ2v) is 5.22. The van der Waals surface area contributed by atoms with Crippen molar-refractivity contribution in [3.8, 4) is 34.5 Å². The van der Waals surface area contributed by atoms with Gasteiger partial charge in [-0.05, 0) is 29.8 Å². The Bertz CT molecular complexity index is 1140. The maximum absolute atomic E-state index is 12.4. The Morgan fingerprint density at radius 3 is 2.12 bits per heavy atom. The molecule has 0 aliphatic carbocycles. The second-order valence-electron chi connectivity index (χ2n) is 5.22. The Labute approximate surface area is 146 Å². The molecule has 0 bridgehead atoms. The summed E-state index contributed by atoms with van der Waals surface area (Å²) in [6, 6.07) is 12.4. The van der Waals surface area contributed by atoms with Gasteiger partial charge in [-0.25, -0.2) is 0 Å². The van der Waals surface area contributed by atoms with Gasteiger partial charge in [0.2, 0.25) is 0 Å². The number of nitrogens with one attached hydrogen (secondary N) is 1. The van der Waals surface area contributed by atoms with Gasteiger partial charge in [0, 0.05) is 35.7 Å². The van der Waals surface area contributed by atoms with E-state index in [9.17, 15) is 25.4 Å². The maximum atomic E-state index is 12.4. The van der Waals surface area contributed by atoms with Crippen molar-refractivity contribution in [3.05, 3.63) is 80.4 Å². The average molecular weight is 343 g/mol. The molecular formula is C18H9N5O3. The lowest BCUT2D eigenvalue weighted by molar-refractivity contribution is -0.384. The van der Waals surface area contributed by atoms with Crippen LogP contribution in [0.3, 0.4) is 0 Å². The van der Waals surface area contributed by atoms with Crippen LogP contribution in [0, 0.1) is 32.8 Å². The van der Waals surface area contributed by atoms with Crippen LogP contribution in [0.2, 0.25) is 0 Å². The molecular weight excluding hydrogens is 334 g/mol. The molecule has 0 aliphatic rings. The van der Waals surface area contributed by atoms with Crippen LogP contribution in [0.1, 0.15) is 11.1 Å². The van der Waals surface area contributed by atoms with Crippen molar-refractivity contribution in [1.82, 2.24) is 9.97 Å². The standard InChI is InChI=1S/C18H9N5O3/c19-9-14-16(11-1-3-13(4-2-11)23(25)26)15(10-20)18(24)22-17(14)12-5-7-21-8-6-12/h1-8H,(H,22,24). The molecule has 0 aliphatic heterocycles. The van der Waals surface area contributed by atoms with Gasteiger partial charge in [0.1, 0.15) is 17.7 Å². The summed E-state index contributed by atoms with van der Waals surface area (Å²) < 4.78 is 0. The van der Waals surface area contributed by atoms with Crippen LogP contribution in [0.5, 0.6) is 0 Å². The number of benzene rings is 1. The van der Waals surface area contributed by atoms with Crippen LogP contribution in [0.15, 0.2) is 53.6 Å². The largest absolute Gasteiger partial charge is 0.320 e. The first-order valence-corrected chi connectivity index (χ1v) is 7.32. The molecule has 124 valence electrons. The SMILES string of the molecule is N#Cc1c(-c2ccncc2)[nH]c(=O)c(C#N)c1-c1ccc([N+](=O)[O-])cc1. The molecule has 1 N–H and O–H groups in total. The number of nitro groups is 1. The molecule has 2 aromatic heterocycles. The number of nitriles is 2. The van der Waals surface area contributed by atoms with E-state index in [0.29, 0.717) is 11.1 Å². The molecule has 26 heavy (non-hydrogen) atoms. The van der Waals surface area contributed by atoms with Crippen LogP contribution < -0.4 is 5.56 Å². The Morgan fingerprint density at radius 2 is 1.58 bits per heavy atom. The summed E-state index contributed by atoms with van der Waals surface area (Å²) in [6.07, 6.45) is 3.02. The van der Waals surface area contributed by atoms with Gasteiger partial charge in [-0.1, -0.05) is 0 Å². The molecule has 0 saturated carbocycles. The summed E-state index contributed by atoms with van der Waals surface area (Å²) in [5.41, 5.74) is 0.408. The van der Waals surface area contributed by atoms with E-state index in [-0.39, 0.29) is 28.1 Å². The summed E-state index contributed by atoms with van der Waals surface area (Å²) in [5.74, 6) is 0. The lowest BCUT2D eigenvalue weighted by Gasteiger charge is -2.11. The third kappa shape index (κ3) is 2.79. The molecule has 0 amide bonds. The molecule has 8 heteroatoms. The Balaban J connectivity index is 2.35. The Hall–Kier alpha value is -4.30. The average Bonchev–Trinajstić information content (AvgIpc) is 2.67. The van der Waals surface area contributed by atoms with E-state index in [0.717, 1.165) is 0 Å². The van der Waals surface area contributed by atoms with Crippen molar-refractivity contribution >= 4 is 5.69 Å². The first-order valence-electron chi connectivity index (χ1n) is 7.32. The van der Waals surface area contributed by atoms with E-state index in [2.05, 4.69) is 9.97 Å². The number of aromatic nitrogens is 2. The van der Waals surface area contributed by atoms with Gasteiger partial charge in [-0.2, -0.15) is 10.5 Å². The van der Waals surface area contributed by atoms with E-state index in [1.54, 1.807) is 12.1 Å². The number of aromatic amines is 1. The number of H-pyrrole nitrogens is 1. The van der Waals surface area contributed by atoms with Crippen LogP contribution >= 0.6 is 0 Å².